The topological polar surface area (TPSA) is 110 Å². The minimum absolute atomic E-state index is 0.00372. The lowest BCUT2D eigenvalue weighted by Gasteiger charge is -2.35. The van der Waals surface area contributed by atoms with Gasteiger partial charge < -0.3 is 9.80 Å². The van der Waals surface area contributed by atoms with E-state index in [2.05, 4.69) is 29.0 Å². The molecule has 0 aromatic carbocycles. The Bertz CT molecular complexity index is 1070. The lowest BCUT2D eigenvalue weighted by atomic mass is 10.2. The maximum Gasteiger partial charge on any atom is 0.287 e. The summed E-state index contributed by atoms with van der Waals surface area (Å²) in [4.78, 5) is 32.9. The largest absolute Gasteiger partial charge is 0.353 e. The zero-order valence-corrected chi connectivity index (χ0v) is 17.2. The van der Waals surface area contributed by atoms with E-state index in [1.165, 1.54) is 23.6 Å². The molecular weight excluding hydrogens is 394 g/mol. The fourth-order valence-electron chi connectivity index (χ4n) is 3.46. The molecule has 152 valence electrons. The first-order valence-corrected chi connectivity index (χ1v) is 10.2. The summed E-state index contributed by atoms with van der Waals surface area (Å²) in [5.74, 6) is 1.77. The maximum atomic E-state index is 13.1. The summed E-state index contributed by atoms with van der Waals surface area (Å²) in [6.07, 6.45) is 1.26. The van der Waals surface area contributed by atoms with Crippen LogP contribution in [-0.4, -0.2) is 61.5 Å². The highest BCUT2D eigenvalue weighted by Gasteiger charge is 2.27. The molecule has 4 heterocycles. The SMILES string of the molecule is Cc1c(C(=O)N2CCN(c3ccc([N+](=O)[O-])cn3)CC2)sc2nnc(C(C)C)n12. The van der Waals surface area contributed by atoms with Crippen molar-refractivity contribution in [3.8, 4) is 0 Å². The molecule has 0 unspecified atom stereocenters. The van der Waals surface area contributed by atoms with Crippen LogP contribution < -0.4 is 4.90 Å². The quantitative estimate of drug-likeness (QED) is 0.475. The minimum atomic E-state index is -0.464. The Labute approximate surface area is 170 Å². The van der Waals surface area contributed by atoms with Gasteiger partial charge in [0.2, 0.25) is 4.96 Å². The monoisotopic (exact) mass is 415 g/mol. The van der Waals surface area contributed by atoms with Gasteiger partial charge in [-0.3, -0.25) is 19.3 Å². The first-order valence-electron chi connectivity index (χ1n) is 9.36. The number of piperazine rings is 1. The van der Waals surface area contributed by atoms with Gasteiger partial charge in [0.25, 0.3) is 11.6 Å². The van der Waals surface area contributed by atoms with Crippen LogP contribution in [0.25, 0.3) is 4.96 Å². The van der Waals surface area contributed by atoms with E-state index in [0.29, 0.717) is 36.9 Å². The van der Waals surface area contributed by atoms with Crippen molar-refractivity contribution in [2.75, 3.05) is 31.1 Å². The number of carbonyl (C=O) groups excluding carboxylic acids is 1. The van der Waals surface area contributed by atoms with Crippen molar-refractivity contribution in [3.63, 3.8) is 0 Å². The van der Waals surface area contributed by atoms with Crippen LogP contribution in [0.4, 0.5) is 11.5 Å². The highest BCUT2D eigenvalue weighted by atomic mass is 32.1. The number of nitrogens with zero attached hydrogens (tertiary/aromatic N) is 7. The predicted octanol–water partition coefficient (Wildman–Crippen LogP) is 2.49. The van der Waals surface area contributed by atoms with E-state index in [-0.39, 0.29) is 17.5 Å². The number of hydrogen-bond acceptors (Lipinski definition) is 8. The number of nitro groups is 1. The second kappa shape index (κ2) is 7.39. The summed E-state index contributed by atoms with van der Waals surface area (Å²) in [6, 6.07) is 3.10. The van der Waals surface area contributed by atoms with Crippen LogP contribution in [0.5, 0.6) is 0 Å². The van der Waals surface area contributed by atoms with Gasteiger partial charge in [-0.1, -0.05) is 25.2 Å². The van der Waals surface area contributed by atoms with E-state index in [4.69, 9.17) is 0 Å². The van der Waals surface area contributed by atoms with Crippen LogP contribution in [0.15, 0.2) is 18.3 Å². The van der Waals surface area contributed by atoms with Gasteiger partial charge in [0.05, 0.1) is 4.92 Å². The number of carbonyl (C=O) groups is 1. The van der Waals surface area contributed by atoms with Crippen molar-refractivity contribution >= 4 is 33.7 Å². The Hall–Kier alpha value is -3.08. The number of aryl methyl sites for hydroxylation is 1. The summed E-state index contributed by atoms with van der Waals surface area (Å²) in [5.41, 5.74) is 0.846. The molecule has 1 amide bonds. The van der Waals surface area contributed by atoms with Gasteiger partial charge in [-0.15, -0.1) is 10.2 Å². The predicted molar refractivity (Wildman–Crippen MR) is 109 cm³/mol. The van der Waals surface area contributed by atoms with Gasteiger partial charge in [-0.2, -0.15) is 0 Å². The lowest BCUT2D eigenvalue weighted by Crippen LogP contribution is -2.49. The number of anilines is 1. The van der Waals surface area contributed by atoms with Crippen molar-refractivity contribution in [2.45, 2.75) is 26.7 Å². The highest BCUT2D eigenvalue weighted by molar-refractivity contribution is 7.19. The summed E-state index contributed by atoms with van der Waals surface area (Å²) in [7, 11) is 0. The van der Waals surface area contributed by atoms with E-state index in [9.17, 15) is 14.9 Å². The summed E-state index contributed by atoms with van der Waals surface area (Å²) >= 11 is 1.37. The maximum absolute atomic E-state index is 13.1. The van der Waals surface area contributed by atoms with E-state index >= 15 is 0 Å². The molecule has 1 aliphatic heterocycles. The van der Waals surface area contributed by atoms with E-state index in [1.54, 1.807) is 6.07 Å². The normalized spacial score (nSPS) is 14.8. The Morgan fingerprint density at radius 2 is 1.93 bits per heavy atom. The van der Waals surface area contributed by atoms with E-state index in [1.807, 2.05) is 21.1 Å². The summed E-state index contributed by atoms with van der Waals surface area (Å²) in [5, 5.41) is 19.2. The van der Waals surface area contributed by atoms with Crippen molar-refractivity contribution in [1.82, 2.24) is 24.5 Å². The van der Waals surface area contributed by atoms with Crippen molar-refractivity contribution in [2.24, 2.45) is 0 Å². The number of hydrogen-bond donors (Lipinski definition) is 0. The third-order valence-corrected chi connectivity index (χ3v) is 6.18. The van der Waals surface area contributed by atoms with Gasteiger partial charge in [-0.25, -0.2) is 4.98 Å². The zero-order valence-electron chi connectivity index (χ0n) is 16.4. The standard InChI is InChI=1S/C18H21N7O3S/c1-11(2)16-20-21-18-24(16)12(3)15(29-18)17(26)23-8-6-22(7-9-23)14-5-4-13(10-19-14)25(27)28/h4-5,10-11H,6-9H2,1-3H3. The summed E-state index contributed by atoms with van der Waals surface area (Å²) in [6.45, 7) is 8.41. The van der Waals surface area contributed by atoms with Crippen LogP contribution in [0.3, 0.4) is 0 Å². The Morgan fingerprint density at radius 1 is 1.21 bits per heavy atom. The molecule has 1 fully saturated rings. The van der Waals surface area contributed by atoms with E-state index < -0.39 is 4.92 Å². The molecular formula is C18H21N7O3S. The number of amides is 1. The van der Waals surface area contributed by atoms with Crippen LogP contribution in [0, 0.1) is 17.0 Å². The van der Waals surface area contributed by atoms with Gasteiger partial charge in [0.15, 0.2) is 0 Å². The number of fused-ring (bicyclic) bond motifs is 1. The van der Waals surface area contributed by atoms with Crippen molar-refractivity contribution < 1.29 is 9.72 Å². The second-order valence-electron chi connectivity index (χ2n) is 7.26. The molecule has 1 saturated heterocycles. The van der Waals surface area contributed by atoms with Crippen molar-refractivity contribution in [1.29, 1.82) is 0 Å². The first-order chi connectivity index (χ1) is 13.9. The first kappa shape index (κ1) is 19.2. The third kappa shape index (κ3) is 3.41. The highest BCUT2D eigenvalue weighted by Crippen LogP contribution is 2.27. The molecule has 0 N–H and O–H groups in total. The molecule has 0 saturated carbocycles. The second-order valence-corrected chi connectivity index (χ2v) is 8.24. The lowest BCUT2D eigenvalue weighted by molar-refractivity contribution is -0.385. The Kier molecular flexibility index (Phi) is 4.91. The molecule has 0 radical (unpaired) electrons. The van der Waals surface area contributed by atoms with Gasteiger partial charge in [0, 0.05) is 43.9 Å². The Morgan fingerprint density at radius 3 is 2.52 bits per heavy atom. The van der Waals surface area contributed by atoms with Crippen LogP contribution in [0.2, 0.25) is 0 Å². The average Bonchev–Trinajstić information content (AvgIpc) is 3.28. The van der Waals surface area contributed by atoms with Gasteiger partial charge in [-0.05, 0) is 13.0 Å². The molecule has 0 aliphatic carbocycles. The minimum Gasteiger partial charge on any atom is -0.353 e. The molecule has 3 aromatic heterocycles. The molecule has 0 bridgehead atoms. The van der Waals surface area contributed by atoms with Crippen LogP contribution >= 0.6 is 11.3 Å². The van der Waals surface area contributed by atoms with Crippen molar-refractivity contribution in [3.05, 3.63) is 44.8 Å². The number of aromatic nitrogens is 4. The Balaban J connectivity index is 1.47. The smallest absolute Gasteiger partial charge is 0.287 e. The molecule has 10 nitrogen and oxygen atoms in total. The summed E-state index contributed by atoms with van der Waals surface area (Å²) < 4.78 is 1.97. The van der Waals surface area contributed by atoms with Crippen LogP contribution in [0.1, 0.15) is 41.0 Å². The molecule has 29 heavy (non-hydrogen) atoms. The van der Waals surface area contributed by atoms with E-state index in [0.717, 1.165) is 16.5 Å². The third-order valence-electron chi connectivity index (χ3n) is 5.06. The average molecular weight is 415 g/mol. The number of thiazole rings is 1. The molecule has 1 aliphatic rings. The van der Waals surface area contributed by atoms with Gasteiger partial charge >= 0.3 is 0 Å². The number of rotatable bonds is 4. The zero-order chi connectivity index (χ0) is 20.7. The van der Waals surface area contributed by atoms with Crippen LogP contribution in [-0.2, 0) is 0 Å². The molecule has 0 atom stereocenters. The number of pyridine rings is 1. The fourth-order valence-corrected chi connectivity index (χ4v) is 4.50. The molecule has 11 heteroatoms. The van der Waals surface area contributed by atoms with Gasteiger partial charge in [0.1, 0.15) is 22.7 Å². The fraction of sp³-hybridized carbons (Fsp3) is 0.444. The molecule has 4 rings (SSSR count). The molecule has 3 aromatic rings. The molecule has 0 spiro atoms.